The fourth-order valence-corrected chi connectivity index (χ4v) is 2.04. The summed E-state index contributed by atoms with van der Waals surface area (Å²) in [7, 11) is 4.53. The van der Waals surface area contributed by atoms with Crippen LogP contribution >= 0.6 is 0 Å². The predicted molar refractivity (Wildman–Crippen MR) is 80.9 cm³/mol. The van der Waals surface area contributed by atoms with Gasteiger partial charge in [-0.05, 0) is 22.4 Å². The minimum absolute atomic E-state index is 0.349. The van der Waals surface area contributed by atoms with Crippen LogP contribution in [0.15, 0.2) is 42.5 Å². The summed E-state index contributed by atoms with van der Waals surface area (Å²) < 4.78 is 4.79. The number of ether oxygens (including phenoxy) is 1. The highest BCUT2D eigenvalue weighted by atomic mass is 16.5. The van der Waals surface area contributed by atoms with E-state index in [1.54, 1.807) is 14.1 Å². The van der Waals surface area contributed by atoms with Crippen molar-refractivity contribution in [3.63, 3.8) is 0 Å². The van der Waals surface area contributed by atoms with Crippen molar-refractivity contribution in [1.82, 2.24) is 10.2 Å². The molecule has 0 radical (unpaired) electrons. The van der Waals surface area contributed by atoms with E-state index in [9.17, 15) is 9.59 Å². The summed E-state index contributed by atoms with van der Waals surface area (Å²) in [6.45, 7) is 0. The topological polar surface area (TPSA) is 58.6 Å². The van der Waals surface area contributed by atoms with Gasteiger partial charge in [0.05, 0.1) is 7.11 Å². The van der Waals surface area contributed by atoms with Crippen LogP contribution in [0, 0.1) is 0 Å². The van der Waals surface area contributed by atoms with Gasteiger partial charge in [0, 0.05) is 14.1 Å². The minimum Gasteiger partial charge on any atom is -0.467 e. The van der Waals surface area contributed by atoms with Gasteiger partial charge in [-0.25, -0.2) is 9.59 Å². The van der Waals surface area contributed by atoms with Crippen LogP contribution in [-0.2, 0) is 9.53 Å². The summed E-state index contributed by atoms with van der Waals surface area (Å²) in [5, 5.41) is 4.74. The maximum absolute atomic E-state index is 12.0. The van der Waals surface area contributed by atoms with Crippen LogP contribution < -0.4 is 5.32 Å². The van der Waals surface area contributed by atoms with Crippen LogP contribution in [0.25, 0.3) is 10.8 Å². The number of hydrogen-bond donors (Lipinski definition) is 1. The Morgan fingerprint density at radius 2 is 1.76 bits per heavy atom. The lowest BCUT2D eigenvalue weighted by atomic mass is 10.0. The number of nitrogens with zero attached hydrogens (tertiary/aromatic N) is 1. The average Bonchev–Trinajstić information content (AvgIpc) is 2.51. The lowest BCUT2D eigenvalue weighted by Crippen LogP contribution is -2.40. The molecule has 0 aromatic heterocycles. The number of hydrogen-bond acceptors (Lipinski definition) is 3. The molecule has 0 heterocycles. The van der Waals surface area contributed by atoms with Gasteiger partial charge in [0.25, 0.3) is 0 Å². The van der Waals surface area contributed by atoms with E-state index in [2.05, 4.69) is 5.32 Å². The Morgan fingerprint density at radius 3 is 2.38 bits per heavy atom. The summed E-state index contributed by atoms with van der Waals surface area (Å²) in [5.41, 5.74) is 0.691. The molecule has 2 rings (SSSR count). The quantitative estimate of drug-likeness (QED) is 0.881. The third-order valence-corrected chi connectivity index (χ3v) is 3.22. The van der Waals surface area contributed by atoms with Crippen molar-refractivity contribution >= 4 is 22.8 Å². The molecule has 2 aromatic rings. The Morgan fingerprint density at radius 1 is 1.10 bits per heavy atom. The standard InChI is InChI=1S/C16H18N2O3/c1-18(2)16(20)17-14(15(19)21-3)13-9-8-11-6-4-5-7-12(11)10-13/h4-10,14H,1-3H3,(H,17,20)/t14-/m0/s1. The van der Waals surface area contributed by atoms with Gasteiger partial charge in [0.2, 0.25) is 0 Å². The van der Waals surface area contributed by atoms with E-state index in [1.165, 1.54) is 12.0 Å². The zero-order valence-electron chi connectivity index (χ0n) is 12.3. The fraction of sp³-hybridized carbons (Fsp3) is 0.250. The normalized spacial score (nSPS) is 11.8. The molecule has 110 valence electrons. The molecule has 0 bridgehead atoms. The van der Waals surface area contributed by atoms with Crippen molar-refractivity contribution in [2.75, 3.05) is 21.2 Å². The average molecular weight is 286 g/mol. The lowest BCUT2D eigenvalue weighted by Gasteiger charge is -2.20. The number of rotatable bonds is 3. The first-order valence-corrected chi connectivity index (χ1v) is 6.57. The second kappa shape index (κ2) is 6.26. The summed E-state index contributed by atoms with van der Waals surface area (Å²) >= 11 is 0. The van der Waals surface area contributed by atoms with Crippen LogP contribution in [0.3, 0.4) is 0 Å². The number of methoxy groups -OCH3 is 1. The van der Waals surface area contributed by atoms with Crippen molar-refractivity contribution in [2.45, 2.75) is 6.04 Å². The molecule has 0 aliphatic heterocycles. The van der Waals surface area contributed by atoms with E-state index in [0.29, 0.717) is 5.56 Å². The third-order valence-electron chi connectivity index (χ3n) is 3.22. The Balaban J connectivity index is 2.38. The Hall–Kier alpha value is -2.56. The summed E-state index contributed by atoms with van der Waals surface area (Å²) in [4.78, 5) is 25.1. The number of carbonyl (C=O) groups is 2. The van der Waals surface area contributed by atoms with Crippen LogP contribution in [0.4, 0.5) is 4.79 Å². The first-order chi connectivity index (χ1) is 10.0. The van der Waals surface area contributed by atoms with Crippen LogP contribution in [-0.4, -0.2) is 38.1 Å². The number of fused-ring (bicyclic) bond motifs is 1. The smallest absolute Gasteiger partial charge is 0.333 e. The number of esters is 1. The molecule has 0 fully saturated rings. The van der Waals surface area contributed by atoms with Crippen LogP contribution in [0.1, 0.15) is 11.6 Å². The lowest BCUT2D eigenvalue weighted by molar-refractivity contribution is -0.143. The van der Waals surface area contributed by atoms with Gasteiger partial charge >= 0.3 is 12.0 Å². The van der Waals surface area contributed by atoms with Crippen molar-refractivity contribution in [1.29, 1.82) is 0 Å². The van der Waals surface area contributed by atoms with Crippen LogP contribution in [0.2, 0.25) is 0 Å². The van der Waals surface area contributed by atoms with E-state index in [0.717, 1.165) is 10.8 Å². The maximum Gasteiger partial charge on any atom is 0.333 e. The SMILES string of the molecule is COC(=O)[C@@H](NC(=O)N(C)C)c1ccc2ccccc2c1. The van der Waals surface area contributed by atoms with Crippen molar-refractivity contribution < 1.29 is 14.3 Å². The fourth-order valence-electron chi connectivity index (χ4n) is 2.04. The zero-order valence-corrected chi connectivity index (χ0v) is 12.3. The van der Waals surface area contributed by atoms with E-state index in [-0.39, 0.29) is 6.03 Å². The highest BCUT2D eigenvalue weighted by molar-refractivity contribution is 5.88. The largest absolute Gasteiger partial charge is 0.467 e. The molecule has 5 heteroatoms. The van der Waals surface area contributed by atoms with E-state index >= 15 is 0 Å². The van der Waals surface area contributed by atoms with Gasteiger partial charge < -0.3 is 15.0 Å². The number of urea groups is 1. The molecule has 2 amide bonds. The number of carbonyl (C=O) groups excluding carboxylic acids is 2. The molecule has 0 aliphatic carbocycles. The number of nitrogens with one attached hydrogen (secondary N) is 1. The van der Waals surface area contributed by atoms with Gasteiger partial charge in [-0.3, -0.25) is 0 Å². The summed E-state index contributed by atoms with van der Waals surface area (Å²) in [6, 6.07) is 12.3. The summed E-state index contributed by atoms with van der Waals surface area (Å²) in [6.07, 6.45) is 0. The molecule has 0 aliphatic rings. The Bertz CT molecular complexity index is 667. The van der Waals surface area contributed by atoms with Crippen molar-refractivity contribution in [3.05, 3.63) is 48.0 Å². The first kappa shape index (κ1) is 14.8. The highest BCUT2D eigenvalue weighted by Gasteiger charge is 2.24. The van der Waals surface area contributed by atoms with E-state index < -0.39 is 12.0 Å². The number of amides is 2. The minimum atomic E-state index is -0.825. The molecular formula is C16H18N2O3. The van der Waals surface area contributed by atoms with Crippen molar-refractivity contribution in [2.24, 2.45) is 0 Å². The molecule has 1 atom stereocenters. The van der Waals surface area contributed by atoms with Gasteiger partial charge in [-0.1, -0.05) is 36.4 Å². The van der Waals surface area contributed by atoms with E-state index in [4.69, 9.17) is 4.74 Å². The van der Waals surface area contributed by atoms with Crippen LogP contribution in [0.5, 0.6) is 0 Å². The molecule has 0 saturated carbocycles. The molecular weight excluding hydrogens is 268 g/mol. The Kier molecular flexibility index (Phi) is 4.42. The van der Waals surface area contributed by atoms with Gasteiger partial charge in [0.1, 0.15) is 0 Å². The Labute approximate surface area is 123 Å². The van der Waals surface area contributed by atoms with E-state index in [1.807, 2.05) is 42.5 Å². The molecule has 21 heavy (non-hydrogen) atoms. The maximum atomic E-state index is 12.0. The number of benzene rings is 2. The first-order valence-electron chi connectivity index (χ1n) is 6.57. The highest BCUT2D eigenvalue weighted by Crippen LogP contribution is 2.21. The molecule has 0 spiro atoms. The van der Waals surface area contributed by atoms with Gasteiger partial charge in [-0.15, -0.1) is 0 Å². The third kappa shape index (κ3) is 3.31. The second-order valence-corrected chi connectivity index (χ2v) is 4.91. The molecule has 5 nitrogen and oxygen atoms in total. The molecule has 1 N–H and O–H groups in total. The van der Waals surface area contributed by atoms with Crippen molar-refractivity contribution in [3.8, 4) is 0 Å². The summed E-state index contributed by atoms with van der Waals surface area (Å²) in [5.74, 6) is -0.500. The molecule has 2 aromatic carbocycles. The molecule has 0 unspecified atom stereocenters. The van der Waals surface area contributed by atoms with Gasteiger partial charge in [-0.2, -0.15) is 0 Å². The monoisotopic (exact) mass is 286 g/mol. The van der Waals surface area contributed by atoms with Gasteiger partial charge in [0.15, 0.2) is 6.04 Å². The second-order valence-electron chi connectivity index (χ2n) is 4.91. The molecule has 0 saturated heterocycles. The zero-order chi connectivity index (χ0) is 15.4. The predicted octanol–water partition coefficient (Wildman–Crippen LogP) is 2.33.